The number of fused-ring (bicyclic) bond motifs is 1. The summed E-state index contributed by atoms with van der Waals surface area (Å²) in [6, 6.07) is 16.7. The van der Waals surface area contributed by atoms with Crippen molar-refractivity contribution in [3.8, 4) is 0 Å². The Hall–Kier alpha value is -1.73. The van der Waals surface area contributed by atoms with Crippen molar-refractivity contribution >= 4 is 31.4 Å². The smallest absolute Gasteiger partial charge is 0.243 e. The van der Waals surface area contributed by atoms with Gasteiger partial charge in [-0.2, -0.15) is 4.31 Å². The van der Waals surface area contributed by atoms with Crippen molar-refractivity contribution in [2.75, 3.05) is 19.7 Å². The summed E-state index contributed by atoms with van der Waals surface area (Å²) in [6.07, 6.45) is -0.228. The third-order valence-corrected chi connectivity index (χ3v) is 7.13. The van der Waals surface area contributed by atoms with E-state index in [1.165, 1.54) is 9.01 Å². The van der Waals surface area contributed by atoms with Crippen LogP contribution in [0.5, 0.6) is 0 Å². The van der Waals surface area contributed by atoms with E-state index >= 15 is 0 Å². The van der Waals surface area contributed by atoms with Gasteiger partial charge in [-0.25, -0.2) is 8.42 Å². The number of thiophene rings is 1. The second-order valence-corrected chi connectivity index (χ2v) is 8.57. The number of benzene rings is 2. The minimum absolute atomic E-state index is 0.228. The molecule has 0 bridgehead atoms. The van der Waals surface area contributed by atoms with Crippen LogP contribution in [0.4, 0.5) is 0 Å². The molecule has 1 fully saturated rings. The van der Waals surface area contributed by atoms with E-state index in [2.05, 4.69) is 17.5 Å². The summed E-state index contributed by atoms with van der Waals surface area (Å²) in [7, 11) is -3.48. The summed E-state index contributed by atoms with van der Waals surface area (Å²) < 4.78 is 34.3. The third-order valence-electron chi connectivity index (χ3n) is 4.27. The zero-order chi connectivity index (χ0) is 16.6. The summed E-state index contributed by atoms with van der Waals surface area (Å²) >= 11 is 1.66. The second kappa shape index (κ2) is 6.29. The summed E-state index contributed by atoms with van der Waals surface area (Å²) in [6.45, 7) is 1.13. The first kappa shape index (κ1) is 15.8. The normalized spacial score (nSPS) is 19.6. The third kappa shape index (κ3) is 2.75. The van der Waals surface area contributed by atoms with Crippen LogP contribution in [0.1, 0.15) is 11.7 Å². The first-order chi connectivity index (χ1) is 11.7. The molecule has 0 aliphatic carbocycles. The van der Waals surface area contributed by atoms with Crippen LogP contribution in [-0.2, 0) is 14.8 Å². The fourth-order valence-corrected chi connectivity index (χ4v) is 5.47. The van der Waals surface area contributed by atoms with E-state index in [9.17, 15) is 8.42 Å². The molecule has 0 spiro atoms. The molecule has 0 N–H and O–H groups in total. The Labute approximate surface area is 145 Å². The summed E-state index contributed by atoms with van der Waals surface area (Å²) in [4.78, 5) is 0.334. The summed E-state index contributed by atoms with van der Waals surface area (Å²) in [5, 5.41) is 3.22. The Morgan fingerprint density at radius 2 is 1.79 bits per heavy atom. The van der Waals surface area contributed by atoms with Gasteiger partial charge in [-0.15, -0.1) is 11.3 Å². The summed E-state index contributed by atoms with van der Waals surface area (Å²) in [5.41, 5.74) is 1.07. The van der Waals surface area contributed by atoms with Crippen molar-refractivity contribution in [3.63, 3.8) is 0 Å². The van der Waals surface area contributed by atoms with Gasteiger partial charge in [0.05, 0.1) is 17.6 Å². The van der Waals surface area contributed by atoms with Crippen LogP contribution in [0.2, 0.25) is 0 Å². The maximum atomic E-state index is 12.8. The first-order valence-corrected chi connectivity index (χ1v) is 10.1. The van der Waals surface area contributed by atoms with E-state index in [1.807, 2.05) is 18.2 Å². The van der Waals surface area contributed by atoms with Crippen LogP contribution in [0, 0.1) is 0 Å². The molecule has 1 saturated heterocycles. The molecular weight excluding hydrogens is 342 g/mol. The van der Waals surface area contributed by atoms with Gasteiger partial charge in [-0.05, 0) is 29.0 Å². The molecule has 0 saturated carbocycles. The highest BCUT2D eigenvalue weighted by atomic mass is 32.2. The molecule has 0 radical (unpaired) electrons. The quantitative estimate of drug-likeness (QED) is 0.717. The Bertz CT molecular complexity index is 951. The van der Waals surface area contributed by atoms with Crippen LogP contribution in [0.25, 0.3) is 10.1 Å². The maximum Gasteiger partial charge on any atom is 0.243 e. The molecule has 124 valence electrons. The van der Waals surface area contributed by atoms with Crippen molar-refractivity contribution in [2.45, 2.75) is 11.0 Å². The van der Waals surface area contributed by atoms with Gasteiger partial charge in [-0.1, -0.05) is 36.4 Å². The Morgan fingerprint density at radius 1 is 1.04 bits per heavy atom. The molecule has 6 heteroatoms. The predicted molar refractivity (Wildman–Crippen MR) is 95.7 cm³/mol. The van der Waals surface area contributed by atoms with Gasteiger partial charge in [0, 0.05) is 23.4 Å². The van der Waals surface area contributed by atoms with E-state index < -0.39 is 10.0 Å². The van der Waals surface area contributed by atoms with Gasteiger partial charge in [0.15, 0.2) is 0 Å². The zero-order valence-electron chi connectivity index (χ0n) is 13.0. The SMILES string of the molecule is O=S(=O)(c1ccccc1)N1CCOC(c2csc3ccccc23)C1. The highest BCUT2D eigenvalue weighted by Crippen LogP contribution is 2.34. The van der Waals surface area contributed by atoms with Crippen molar-refractivity contribution in [1.82, 2.24) is 4.31 Å². The Kier molecular flexibility index (Phi) is 4.14. The summed E-state index contributed by atoms with van der Waals surface area (Å²) in [5.74, 6) is 0. The predicted octanol–water partition coefficient (Wildman–Crippen LogP) is 3.66. The lowest BCUT2D eigenvalue weighted by Crippen LogP contribution is -2.42. The molecule has 1 unspecified atom stereocenters. The lowest BCUT2D eigenvalue weighted by molar-refractivity contribution is -0.00154. The number of nitrogens with zero attached hydrogens (tertiary/aromatic N) is 1. The maximum absolute atomic E-state index is 12.8. The van der Waals surface area contributed by atoms with Gasteiger partial charge in [0.2, 0.25) is 10.0 Å². The number of morpholine rings is 1. The van der Waals surface area contributed by atoms with Crippen molar-refractivity contribution in [3.05, 3.63) is 65.5 Å². The van der Waals surface area contributed by atoms with Crippen LogP contribution in [0.3, 0.4) is 0 Å². The highest BCUT2D eigenvalue weighted by molar-refractivity contribution is 7.89. The number of hydrogen-bond donors (Lipinski definition) is 0. The number of hydrogen-bond acceptors (Lipinski definition) is 4. The van der Waals surface area contributed by atoms with Gasteiger partial charge in [0.1, 0.15) is 0 Å². The molecule has 1 aliphatic rings. The lowest BCUT2D eigenvalue weighted by Gasteiger charge is -2.32. The van der Waals surface area contributed by atoms with Crippen LogP contribution in [-0.4, -0.2) is 32.4 Å². The van der Waals surface area contributed by atoms with Gasteiger partial charge >= 0.3 is 0 Å². The largest absolute Gasteiger partial charge is 0.371 e. The minimum atomic E-state index is -3.48. The number of rotatable bonds is 3. The fourth-order valence-electron chi connectivity index (χ4n) is 3.02. The average molecular weight is 359 g/mol. The van der Waals surface area contributed by atoms with E-state index in [0.29, 0.717) is 24.6 Å². The lowest BCUT2D eigenvalue weighted by atomic mass is 10.1. The average Bonchev–Trinajstić information content (AvgIpc) is 3.07. The Balaban J connectivity index is 1.65. The van der Waals surface area contributed by atoms with Gasteiger partial charge < -0.3 is 4.74 Å². The van der Waals surface area contributed by atoms with Crippen LogP contribution < -0.4 is 0 Å². The van der Waals surface area contributed by atoms with E-state index in [4.69, 9.17) is 4.74 Å². The molecule has 2 aromatic carbocycles. The van der Waals surface area contributed by atoms with Crippen molar-refractivity contribution in [2.24, 2.45) is 0 Å². The van der Waals surface area contributed by atoms with E-state index in [0.717, 1.165) is 10.9 Å². The van der Waals surface area contributed by atoms with E-state index in [1.54, 1.807) is 35.6 Å². The molecule has 0 amide bonds. The van der Waals surface area contributed by atoms with Crippen LogP contribution in [0.15, 0.2) is 64.9 Å². The van der Waals surface area contributed by atoms with Gasteiger partial charge in [0.25, 0.3) is 0 Å². The molecule has 4 nitrogen and oxygen atoms in total. The molecule has 4 rings (SSSR count). The molecule has 2 heterocycles. The standard InChI is InChI=1S/C18H17NO3S2/c20-24(21,14-6-2-1-3-7-14)19-10-11-22-17(12-19)16-13-23-18-9-5-4-8-15(16)18/h1-9,13,17H,10-12H2. The zero-order valence-corrected chi connectivity index (χ0v) is 14.6. The van der Waals surface area contributed by atoms with E-state index in [-0.39, 0.29) is 6.10 Å². The molecule has 1 aromatic heterocycles. The minimum Gasteiger partial charge on any atom is -0.371 e. The fraction of sp³-hybridized carbons (Fsp3) is 0.222. The molecular formula is C18H17NO3S2. The molecule has 1 aliphatic heterocycles. The topological polar surface area (TPSA) is 46.6 Å². The van der Waals surface area contributed by atoms with Crippen molar-refractivity contribution < 1.29 is 13.2 Å². The monoisotopic (exact) mass is 359 g/mol. The number of sulfonamides is 1. The number of ether oxygens (including phenoxy) is 1. The Morgan fingerprint density at radius 3 is 2.62 bits per heavy atom. The first-order valence-electron chi connectivity index (χ1n) is 7.79. The molecule has 3 aromatic rings. The van der Waals surface area contributed by atoms with Crippen LogP contribution >= 0.6 is 11.3 Å². The molecule has 1 atom stereocenters. The van der Waals surface area contributed by atoms with Crippen molar-refractivity contribution in [1.29, 1.82) is 0 Å². The second-order valence-electron chi connectivity index (χ2n) is 5.72. The highest BCUT2D eigenvalue weighted by Gasteiger charge is 2.32. The van der Waals surface area contributed by atoms with Gasteiger partial charge in [-0.3, -0.25) is 0 Å². The molecule has 24 heavy (non-hydrogen) atoms.